The maximum atomic E-state index is 12.5. The Labute approximate surface area is 103 Å². The molecule has 0 saturated heterocycles. The van der Waals surface area contributed by atoms with Crippen LogP contribution in [-0.4, -0.2) is 32.4 Å². The molecule has 0 unspecified atom stereocenters. The van der Waals surface area contributed by atoms with Gasteiger partial charge in [-0.3, -0.25) is 0 Å². The number of hydrogen-bond donors (Lipinski definition) is 1. The summed E-state index contributed by atoms with van der Waals surface area (Å²) in [6.45, 7) is 5.67. The van der Waals surface area contributed by atoms with Crippen LogP contribution in [0.2, 0.25) is 0 Å². The molecule has 0 atom stereocenters. The van der Waals surface area contributed by atoms with E-state index in [4.69, 9.17) is 0 Å². The van der Waals surface area contributed by atoms with E-state index in [1.165, 1.54) is 0 Å². The Morgan fingerprint density at radius 3 is 2.88 bits per heavy atom. The van der Waals surface area contributed by atoms with Crippen LogP contribution in [0.3, 0.4) is 0 Å². The lowest BCUT2D eigenvalue weighted by molar-refractivity contribution is 0.425. The van der Waals surface area contributed by atoms with Crippen molar-refractivity contribution in [2.45, 2.75) is 25.2 Å². The van der Waals surface area contributed by atoms with Crippen LogP contribution in [0, 0.1) is 6.92 Å². The molecule has 1 aliphatic heterocycles. The van der Waals surface area contributed by atoms with Gasteiger partial charge in [0.2, 0.25) is 10.0 Å². The Morgan fingerprint density at radius 2 is 2.18 bits per heavy atom. The zero-order chi connectivity index (χ0) is 12.5. The summed E-state index contributed by atoms with van der Waals surface area (Å²) in [5.74, 6) is 0. The van der Waals surface area contributed by atoms with Crippen molar-refractivity contribution in [2.75, 3.05) is 25.0 Å². The van der Waals surface area contributed by atoms with E-state index in [2.05, 4.69) is 5.32 Å². The molecule has 1 heterocycles. The first-order valence-electron chi connectivity index (χ1n) is 5.90. The van der Waals surface area contributed by atoms with Gasteiger partial charge in [-0.1, -0.05) is 13.0 Å². The van der Waals surface area contributed by atoms with Crippen LogP contribution < -0.4 is 5.32 Å². The van der Waals surface area contributed by atoms with E-state index in [1.807, 2.05) is 26.0 Å². The van der Waals surface area contributed by atoms with Crippen molar-refractivity contribution in [3.05, 3.63) is 23.8 Å². The number of aryl methyl sites for hydroxylation is 1. The average molecular weight is 254 g/mol. The summed E-state index contributed by atoms with van der Waals surface area (Å²) >= 11 is 0. The minimum absolute atomic E-state index is 0.406. The summed E-state index contributed by atoms with van der Waals surface area (Å²) in [5.41, 5.74) is 1.68. The second-order valence-corrected chi connectivity index (χ2v) is 6.24. The highest BCUT2D eigenvalue weighted by atomic mass is 32.2. The quantitative estimate of drug-likeness (QED) is 0.876. The molecule has 5 heteroatoms. The van der Waals surface area contributed by atoms with Crippen molar-refractivity contribution < 1.29 is 8.42 Å². The van der Waals surface area contributed by atoms with Gasteiger partial charge in [0.15, 0.2) is 0 Å². The highest BCUT2D eigenvalue weighted by Gasteiger charge is 2.28. The fraction of sp³-hybridized carbons (Fsp3) is 0.500. The first-order chi connectivity index (χ1) is 8.05. The molecule has 1 aromatic rings. The van der Waals surface area contributed by atoms with Gasteiger partial charge in [0.1, 0.15) is 4.90 Å². The topological polar surface area (TPSA) is 49.4 Å². The molecule has 0 amide bonds. The molecule has 0 saturated carbocycles. The minimum Gasteiger partial charge on any atom is -0.383 e. The third-order valence-electron chi connectivity index (χ3n) is 2.90. The molecule has 0 bridgehead atoms. The van der Waals surface area contributed by atoms with Crippen LogP contribution in [0.5, 0.6) is 0 Å². The number of hydrogen-bond acceptors (Lipinski definition) is 3. The van der Waals surface area contributed by atoms with Gasteiger partial charge >= 0.3 is 0 Å². The lowest BCUT2D eigenvalue weighted by Crippen LogP contribution is -2.33. The molecule has 0 aromatic heterocycles. The number of fused-ring (bicyclic) bond motifs is 1. The monoisotopic (exact) mass is 254 g/mol. The van der Waals surface area contributed by atoms with Crippen LogP contribution in [0.15, 0.2) is 23.1 Å². The summed E-state index contributed by atoms with van der Waals surface area (Å²) in [6, 6.07) is 5.51. The standard InChI is InChI=1S/C12H18N2O2S/c1-3-7-14-8-6-13-11-5-4-10(2)9-12(11)17(14,15)16/h4-5,9,13H,3,6-8H2,1-2H3. The number of sulfonamides is 1. The third kappa shape index (κ3) is 2.30. The molecule has 4 nitrogen and oxygen atoms in total. The molecule has 2 rings (SSSR count). The number of anilines is 1. The average Bonchev–Trinajstić information content (AvgIpc) is 2.39. The van der Waals surface area contributed by atoms with Crippen molar-refractivity contribution in [3.8, 4) is 0 Å². The first-order valence-corrected chi connectivity index (χ1v) is 7.34. The maximum absolute atomic E-state index is 12.5. The van der Waals surface area contributed by atoms with Gasteiger partial charge in [0.25, 0.3) is 0 Å². The van der Waals surface area contributed by atoms with Gasteiger partial charge in [-0.05, 0) is 31.0 Å². The molecular weight excluding hydrogens is 236 g/mol. The van der Waals surface area contributed by atoms with Crippen molar-refractivity contribution in [1.82, 2.24) is 4.31 Å². The van der Waals surface area contributed by atoms with Crippen molar-refractivity contribution in [1.29, 1.82) is 0 Å². The van der Waals surface area contributed by atoms with Crippen LogP contribution in [0.4, 0.5) is 5.69 Å². The fourth-order valence-electron chi connectivity index (χ4n) is 2.04. The first kappa shape index (κ1) is 12.4. The van der Waals surface area contributed by atoms with Gasteiger partial charge in [-0.25, -0.2) is 8.42 Å². The molecule has 1 aliphatic rings. The van der Waals surface area contributed by atoms with Gasteiger partial charge < -0.3 is 5.32 Å². The van der Waals surface area contributed by atoms with Gasteiger partial charge in [0, 0.05) is 19.6 Å². The molecule has 0 spiro atoms. The molecule has 0 fully saturated rings. The van der Waals surface area contributed by atoms with Crippen LogP contribution in [0.25, 0.3) is 0 Å². The Bertz CT molecular complexity index is 511. The summed E-state index contributed by atoms with van der Waals surface area (Å²) < 4.78 is 26.5. The van der Waals surface area contributed by atoms with Gasteiger partial charge in [0.05, 0.1) is 5.69 Å². The van der Waals surface area contributed by atoms with Crippen LogP contribution in [0.1, 0.15) is 18.9 Å². The number of nitrogens with zero attached hydrogens (tertiary/aromatic N) is 1. The maximum Gasteiger partial charge on any atom is 0.245 e. The zero-order valence-electron chi connectivity index (χ0n) is 10.2. The van der Waals surface area contributed by atoms with E-state index < -0.39 is 10.0 Å². The summed E-state index contributed by atoms with van der Waals surface area (Å²) in [4.78, 5) is 0.406. The molecule has 1 N–H and O–H groups in total. The number of nitrogens with one attached hydrogen (secondary N) is 1. The van der Waals surface area contributed by atoms with Gasteiger partial charge in [-0.15, -0.1) is 0 Å². The minimum atomic E-state index is -3.33. The second kappa shape index (κ2) is 4.66. The van der Waals surface area contributed by atoms with E-state index in [9.17, 15) is 8.42 Å². The van der Waals surface area contributed by atoms with E-state index in [-0.39, 0.29) is 0 Å². The lowest BCUT2D eigenvalue weighted by Gasteiger charge is -2.18. The largest absolute Gasteiger partial charge is 0.383 e. The van der Waals surface area contributed by atoms with Crippen molar-refractivity contribution in [2.24, 2.45) is 0 Å². The van der Waals surface area contributed by atoms with E-state index in [1.54, 1.807) is 10.4 Å². The summed E-state index contributed by atoms with van der Waals surface area (Å²) in [5, 5.41) is 3.18. The molecule has 17 heavy (non-hydrogen) atoms. The fourth-order valence-corrected chi connectivity index (χ4v) is 3.83. The smallest absolute Gasteiger partial charge is 0.245 e. The Hall–Kier alpha value is -1.07. The highest BCUT2D eigenvalue weighted by Crippen LogP contribution is 2.28. The van der Waals surface area contributed by atoms with Crippen molar-refractivity contribution in [3.63, 3.8) is 0 Å². The molecule has 0 aliphatic carbocycles. The van der Waals surface area contributed by atoms with E-state index >= 15 is 0 Å². The number of benzene rings is 1. The normalized spacial score (nSPS) is 19.2. The van der Waals surface area contributed by atoms with Gasteiger partial charge in [-0.2, -0.15) is 4.31 Å². The molecule has 1 aromatic carbocycles. The van der Waals surface area contributed by atoms with Crippen LogP contribution >= 0.6 is 0 Å². The summed E-state index contributed by atoms with van der Waals surface area (Å²) in [7, 11) is -3.33. The highest BCUT2D eigenvalue weighted by molar-refractivity contribution is 7.89. The van der Waals surface area contributed by atoms with E-state index in [0.29, 0.717) is 30.2 Å². The Balaban J connectivity index is 2.52. The van der Waals surface area contributed by atoms with Crippen molar-refractivity contribution >= 4 is 15.7 Å². The summed E-state index contributed by atoms with van der Waals surface area (Å²) in [6.07, 6.45) is 0.834. The molecule has 94 valence electrons. The predicted molar refractivity (Wildman–Crippen MR) is 68.7 cm³/mol. The SMILES string of the molecule is CCCN1CCNc2ccc(C)cc2S1(=O)=O. The number of rotatable bonds is 2. The van der Waals surface area contributed by atoms with Crippen LogP contribution in [-0.2, 0) is 10.0 Å². The lowest BCUT2D eigenvalue weighted by atomic mass is 10.2. The molecular formula is C12H18N2O2S. The molecule has 0 radical (unpaired) electrons. The van der Waals surface area contributed by atoms with E-state index in [0.717, 1.165) is 12.0 Å². The second-order valence-electron chi connectivity index (χ2n) is 4.33. The predicted octanol–water partition coefficient (Wildman–Crippen LogP) is 1.82. The zero-order valence-corrected chi connectivity index (χ0v) is 11.0. The Kier molecular flexibility index (Phi) is 3.40. The Morgan fingerprint density at radius 1 is 1.41 bits per heavy atom. The third-order valence-corrected chi connectivity index (χ3v) is 4.84.